The van der Waals surface area contributed by atoms with E-state index in [0.717, 1.165) is 11.8 Å². The van der Waals surface area contributed by atoms with Crippen LogP contribution in [0.4, 0.5) is 0 Å². The number of hydrogen-bond donors (Lipinski definition) is 0. The highest BCUT2D eigenvalue weighted by molar-refractivity contribution is 9.09. The monoisotopic (exact) mass is 278 g/mol. The predicted molar refractivity (Wildman–Crippen MR) is 76.4 cm³/mol. The van der Waals surface area contributed by atoms with E-state index < -0.39 is 0 Å². The molecule has 0 saturated carbocycles. The highest BCUT2D eigenvalue weighted by Crippen LogP contribution is 1.96. The van der Waals surface area contributed by atoms with Crippen molar-refractivity contribution in [1.29, 1.82) is 0 Å². The smallest absolute Gasteiger partial charge is 0.0706 e. The fraction of sp³-hybridized carbons (Fsp3) is 0.467. The third-order valence-electron chi connectivity index (χ3n) is 1.83. The molecule has 0 saturated heterocycles. The molecule has 1 heteroatoms. The van der Waals surface area contributed by atoms with E-state index in [9.17, 15) is 0 Å². The Morgan fingerprint density at radius 2 is 1.94 bits per heavy atom. The first-order valence-electron chi connectivity index (χ1n) is 5.73. The lowest BCUT2D eigenvalue weighted by Crippen LogP contribution is -1.70. The maximum Gasteiger partial charge on any atom is 0.0706 e. The van der Waals surface area contributed by atoms with E-state index in [1.54, 1.807) is 0 Å². The Hall–Kier alpha value is -0.920. The van der Waals surface area contributed by atoms with Crippen molar-refractivity contribution in [2.75, 3.05) is 5.33 Å². The van der Waals surface area contributed by atoms with Gasteiger partial charge in [-0.15, -0.1) is 5.92 Å². The van der Waals surface area contributed by atoms with Crippen LogP contribution in [0.1, 0.15) is 39.0 Å². The van der Waals surface area contributed by atoms with E-state index >= 15 is 0 Å². The molecule has 0 heterocycles. The van der Waals surface area contributed by atoms with Gasteiger partial charge in [0.15, 0.2) is 0 Å². The van der Waals surface area contributed by atoms with Gasteiger partial charge in [0.2, 0.25) is 0 Å². The molecule has 0 atom stereocenters. The number of hydrogen-bond acceptors (Lipinski definition) is 0. The minimum atomic E-state index is 0.679. The zero-order chi connectivity index (χ0) is 11.9. The van der Waals surface area contributed by atoms with Crippen LogP contribution >= 0.6 is 15.9 Å². The van der Waals surface area contributed by atoms with Gasteiger partial charge in [-0.2, -0.15) is 0 Å². The largest absolute Gasteiger partial charge is 0.102 e. The Balaban J connectivity index is 3.53. The second-order valence-corrected chi connectivity index (χ2v) is 3.90. The molecule has 16 heavy (non-hydrogen) atoms. The minimum Gasteiger partial charge on any atom is -0.102 e. The third-order valence-corrected chi connectivity index (χ3v) is 2.20. The summed E-state index contributed by atoms with van der Waals surface area (Å²) in [5.41, 5.74) is 0. The summed E-state index contributed by atoms with van der Waals surface area (Å²) >= 11 is 3.30. The van der Waals surface area contributed by atoms with E-state index in [2.05, 4.69) is 46.5 Å². The molecule has 0 spiro atoms. The number of rotatable bonds is 5. The minimum absolute atomic E-state index is 0.679. The van der Waals surface area contributed by atoms with Gasteiger partial charge in [-0.3, -0.25) is 0 Å². The molecule has 0 amide bonds. The van der Waals surface area contributed by atoms with Crippen LogP contribution in [-0.2, 0) is 0 Å². The summed E-state index contributed by atoms with van der Waals surface area (Å²) in [5.74, 6) is 12.1. The quantitative estimate of drug-likeness (QED) is 0.301. The van der Waals surface area contributed by atoms with Crippen molar-refractivity contribution >= 4 is 15.9 Å². The second kappa shape index (κ2) is 14.1. The lowest BCUT2D eigenvalue weighted by molar-refractivity contribution is 0.737. The highest BCUT2D eigenvalue weighted by Gasteiger charge is 1.79. The topological polar surface area (TPSA) is 0 Å². The second-order valence-electron chi connectivity index (χ2n) is 3.25. The zero-order valence-electron chi connectivity index (χ0n) is 9.93. The van der Waals surface area contributed by atoms with Crippen LogP contribution in [0, 0.1) is 23.7 Å². The van der Waals surface area contributed by atoms with E-state index in [1.807, 2.05) is 24.3 Å². The predicted octanol–water partition coefficient (Wildman–Crippen LogP) is 4.47. The van der Waals surface area contributed by atoms with Crippen molar-refractivity contribution in [3.8, 4) is 23.7 Å². The molecule has 0 aliphatic rings. The first-order chi connectivity index (χ1) is 7.91. The van der Waals surface area contributed by atoms with E-state index in [4.69, 9.17) is 0 Å². The van der Waals surface area contributed by atoms with Gasteiger partial charge in [0.1, 0.15) is 0 Å². The highest BCUT2D eigenvalue weighted by atomic mass is 79.9. The maximum absolute atomic E-state index is 3.30. The van der Waals surface area contributed by atoms with Crippen molar-refractivity contribution in [3.05, 3.63) is 24.3 Å². The Morgan fingerprint density at radius 1 is 1.06 bits per heavy atom. The average Bonchev–Trinajstić information content (AvgIpc) is 2.31. The molecule has 0 aromatic heterocycles. The Morgan fingerprint density at radius 3 is 2.69 bits per heavy atom. The van der Waals surface area contributed by atoms with Gasteiger partial charge in [0, 0.05) is 11.8 Å². The Labute approximate surface area is 108 Å². The van der Waals surface area contributed by atoms with Gasteiger partial charge < -0.3 is 0 Å². The molecular formula is C15H19Br. The number of unbranched alkanes of at least 4 members (excludes halogenated alkanes) is 3. The molecule has 0 aromatic carbocycles. The Bertz CT molecular complexity index is 315. The summed E-state index contributed by atoms with van der Waals surface area (Å²) < 4.78 is 0. The fourth-order valence-corrected chi connectivity index (χ4v) is 1.22. The van der Waals surface area contributed by atoms with Crippen molar-refractivity contribution < 1.29 is 0 Å². The SMILES string of the molecule is CCCCCC#CCC#C/C=C/C=C/CBr. The molecule has 0 radical (unpaired) electrons. The van der Waals surface area contributed by atoms with Crippen LogP contribution in [0.3, 0.4) is 0 Å². The molecule has 0 aliphatic carbocycles. The normalized spacial score (nSPS) is 9.88. The van der Waals surface area contributed by atoms with Gasteiger partial charge in [-0.05, 0) is 12.5 Å². The maximum atomic E-state index is 3.30. The summed E-state index contributed by atoms with van der Waals surface area (Å²) in [4.78, 5) is 0. The van der Waals surface area contributed by atoms with Crippen LogP contribution in [0.25, 0.3) is 0 Å². The Kier molecular flexibility index (Phi) is 13.3. The van der Waals surface area contributed by atoms with Gasteiger partial charge in [-0.25, -0.2) is 0 Å². The summed E-state index contributed by atoms with van der Waals surface area (Å²) in [6.07, 6.45) is 13.2. The summed E-state index contributed by atoms with van der Waals surface area (Å²) in [6, 6.07) is 0. The average molecular weight is 279 g/mol. The molecule has 0 N–H and O–H groups in total. The molecule has 0 rings (SSSR count). The molecule has 0 unspecified atom stereocenters. The molecule has 0 fully saturated rings. The van der Waals surface area contributed by atoms with Crippen LogP contribution in [0.15, 0.2) is 24.3 Å². The zero-order valence-corrected chi connectivity index (χ0v) is 11.5. The van der Waals surface area contributed by atoms with E-state index in [1.165, 1.54) is 19.3 Å². The van der Waals surface area contributed by atoms with Crippen molar-refractivity contribution in [2.24, 2.45) is 0 Å². The lowest BCUT2D eigenvalue weighted by Gasteiger charge is -1.87. The van der Waals surface area contributed by atoms with Crippen LogP contribution < -0.4 is 0 Å². The first-order valence-corrected chi connectivity index (χ1v) is 6.85. The van der Waals surface area contributed by atoms with Crippen molar-refractivity contribution in [1.82, 2.24) is 0 Å². The van der Waals surface area contributed by atoms with Crippen LogP contribution in [-0.4, -0.2) is 5.33 Å². The molecule has 86 valence electrons. The molecule has 0 aromatic rings. The van der Waals surface area contributed by atoms with Gasteiger partial charge in [-0.1, -0.05) is 71.7 Å². The van der Waals surface area contributed by atoms with Crippen molar-refractivity contribution in [3.63, 3.8) is 0 Å². The first kappa shape index (κ1) is 15.1. The number of alkyl halides is 1. The van der Waals surface area contributed by atoms with Gasteiger partial charge in [0.25, 0.3) is 0 Å². The van der Waals surface area contributed by atoms with Gasteiger partial charge in [0.05, 0.1) is 6.42 Å². The fourth-order valence-electron chi connectivity index (χ4n) is 1.00. The summed E-state index contributed by atoms with van der Waals surface area (Å²) in [7, 11) is 0. The van der Waals surface area contributed by atoms with Crippen molar-refractivity contribution in [2.45, 2.75) is 39.0 Å². The van der Waals surface area contributed by atoms with Gasteiger partial charge >= 0.3 is 0 Å². The molecular weight excluding hydrogens is 260 g/mol. The van der Waals surface area contributed by atoms with Crippen LogP contribution in [0.2, 0.25) is 0 Å². The number of halogens is 1. The lowest BCUT2D eigenvalue weighted by atomic mass is 10.2. The van der Waals surface area contributed by atoms with E-state index in [0.29, 0.717) is 6.42 Å². The molecule has 0 bridgehead atoms. The van der Waals surface area contributed by atoms with Crippen LogP contribution in [0.5, 0.6) is 0 Å². The third kappa shape index (κ3) is 13.1. The standard InChI is InChI=1S/C15H19Br/c1-2-3-4-5-6-7-8-9-10-11-12-13-14-15-16/h11-14H,2-5,8,15H2,1H3/b12-11+,14-13+. The summed E-state index contributed by atoms with van der Waals surface area (Å²) in [5, 5.41) is 0.883. The molecule has 0 aliphatic heterocycles. The van der Waals surface area contributed by atoms with E-state index in [-0.39, 0.29) is 0 Å². The molecule has 0 nitrogen and oxygen atoms in total. The summed E-state index contributed by atoms with van der Waals surface area (Å²) in [6.45, 7) is 2.20. The number of allylic oxidation sites excluding steroid dienone is 4.